The predicted molar refractivity (Wildman–Crippen MR) is 92.7 cm³/mol. The highest BCUT2D eigenvalue weighted by Gasteiger charge is 2.27. The van der Waals surface area contributed by atoms with Crippen LogP contribution in [0.25, 0.3) is 0 Å². The third kappa shape index (κ3) is 3.54. The van der Waals surface area contributed by atoms with E-state index in [1.165, 1.54) is 5.69 Å². The van der Waals surface area contributed by atoms with Gasteiger partial charge < -0.3 is 10.6 Å². The fourth-order valence-electron chi connectivity index (χ4n) is 3.06. The molecular formula is C17H22N4OS. The minimum Gasteiger partial charge on any atom is -0.346 e. The average Bonchev–Trinajstić information content (AvgIpc) is 3.19. The third-order valence-corrected chi connectivity index (χ3v) is 5.10. The van der Waals surface area contributed by atoms with Gasteiger partial charge in [0, 0.05) is 35.8 Å². The van der Waals surface area contributed by atoms with Gasteiger partial charge in [-0.1, -0.05) is 12.1 Å². The van der Waals surface area contributed by atoms with E-state index in [1.54, 1.807) is 11.3 Å². The number of amides is 1. The molecule has 2 aromatic rings. The second-order valence-electron chi connectivity index (χ2n) is 5.80. The van der Waals surface area contributed by atoms with Crippen LogP contribution < -0.4 is 10.6 Å². The molecule has 1 aliphatic carbocycles. The molecular weight excluding hydrogens is 308 g/mol. The maximum absolute atomic E-state index is 12.5. The van der Waals surface area contributed by atoms with E-state index in [1.807, 2.05) is 35.3 Å². The highest BCUT2D eigenvalue weighted by atomic mass is 32.1. The van der Waals surface area contributed by atoms with Gasteiger partial charge in [-0.2, -0.15) is 5.10 Å². The van der Waals surface area contributed by atoms with Crippen molar-refractivity contribution in [2.24, 2.45) is 7.05 Å². The van der Waals surface area contributed by atoms with Crippen molar-refractivity contribution in [1.82, 2.24) is 20.4 Å². The number of rotatable bonds is 6. The number of fused-ring (bicyclic) bond motifs is 1. The van der Waals surface area contributed by atoms with Gasteiger partial charge in [-0.15, -0.1) is 17.9 Å². The molecule has 0 saturated carbocycles. The number of nitrogens with zero attached hydrogens (tertiary/aromatic N) is 2. The largest absolute Gasteiger partial charge is 0.346 e. The van der Waals surface area contributed by atoms with Crippen molar-refractivity contribution in [2.75, 3.05) is 6.54 Å². The summed E-state index contributed by atoms with van der Waals surface area (Å²) in [6.07, 6.45) is 4.73. The van der Waals surface area contributed by atoms with Crippen molar-refractivity contribution in [3.63, 3.8) is 0 Å². The van der Waals surface area contributed by atoms with Crippen molar-refractivity contribution in [3.8, 4) is 0 Å². The van der Waals surface area contributed by atoms with E-state index in [-0.39, 0.29) is 5.91 Å². The Balaban J connectivity index is 1.72. The molecule has 23 heavy (non-hydrogen) atoms. The van der Waals surface area contributed by atoms with E-state index in [0.717, 1.165) is 36.2 Å². The lowest BCUT2D eigenvalue weighted by Gasteiger charge is -2.23. The first-order chi connectivity index (χ1) is 11.2. The SMILES string of the molecule is C=CCNC1CCc2c(c(C(=O)NCc3cccs3)nn2C)C1. The lowest BCUT2D eigenvalue weighted by atomic mass is 9.91. The molecule has 3 rings (SSSR count). The Morgan fingerprint density at radius 3 is 3.22 bits per heavy atom. The summed E-state index contributed by atoms with van der Waals surface area (Å²) >= 11 is 1.64. The zero-order chi connectivity index (χ0) is 16.2. The fraction of sp³-hybridized carbons (Fsp3) is 0.412. The van der Waals surface area contributed by atoms with Crippen molar-refractivity contribution in [2.45, 2.75) is 31.8 Å². The molecule has 0 bridgehead atoms. The van der Waals surface area contributed by atoms with Crippen molar-refractivity contribution < 1.29 is 4.79 Å². The number of thiophene rings is 1. The molecule has 1 atom stereocenters. The van der Waals surface area contributed by atoms with Crippen molar-refractivity contribution in [3.05, 3.63) is 52.0 Å². The molecule has 2 N–H and O–H groups in total. The van der Waals surface area contributed by atoms with Gasteiger partial charge in [-0.3, -0.25) is 9.48 Å². The van der Waals surface area contributed by atoms with Crippen LogP contribution in [0.3, 0.4) is 0 Å². The van der Waals surface area contributed by atoms with Crippen LogP contribution in [0.5, 0.6) is 0 Å². The van der Waals surface area contributed by atoms with Gasteiger partial charge in [0.25, 0.3) is 5.91 Å². The van der Waals surface area contributed by atoms with Crippen molar-refractivity contribution in [1.29, 1.82) is 0 Å². The van der Waals surface area contributed by atoms with Crippen LogP contribution in [0.2, 0.25) is 0 Å². The molecule has 2 aromatic heterocycles. The molecule has 5 nitrogen and oxygen atoms in total. The summed E-state index contributed by atoms with van der Waals surface area (Å²) in [5.74, 6) is -0.0837. The highest BCUT2D eigenvalue weighted by molar-refractivity contribution is 7.09. The van der Waals surface area contributed by atoms with E-state index in [2.05, 4.69) is 22.3 Å². The van der Waals surface area contributed by atoms with Gasteiger partial charge in [-0.05, 0) is 30.7 Å². The molecule has 1 unspecified atom stereocenters. The first-order valence-corrected chi connectivity index (χ1v) is 8.76. The Morgan fingerprint density at radius 1 is 1.61 bits per heavy atom. The standard InChI is InChI=1S/C17H22N4OS/c1-3-8-18-12-6-7-15-14(10-12)16(20-21(15)2)17(22)19-11-13-5-4-9-23-13/h3-5,9,12,18H,1,6-8,10-11H2,2H3,(H,19,22). The van der Waals surface area contributed by atoms with Gasteiger partial charge >= 0.3 is 0 Å². The van der Waals surface area contributed by atoms with Gasteiger partial charge in [0.2, 0.25) is 0 Å². The molecule has 1 amide bonds. The van der Waals surface area contributed by atoms with E-state index in [9.17, 15) is 4.79 Å². The second kappa shape index (κ2) is 7.10. The number of hydrogen-bond donors (Lipinski definition) is 2. The summed E-state index contributed by atoms with van der Waals surface area (Å²) in [4.78, 5) is 13.7. The fourth-order valence-corrected chi connectivity index (χ4v) is 3.70. The molecule has 122 valence electrons. The number of nitrogens with one attached hydrogen (secondary N) is 2. The molecule has 0 aliphatic heterocycles. The van der Waals surface area contributed by atoms with Crippen LogP contribution in [-0.2, 0) is 26.4 Å². The van der Waals surface area contributed by atoms with Crippen LogP contribution in [0.4, 0.5) is 0 Å². The quantitative estimate of drug-likeness (QED) is 0.797. The van der Waals surface area contributed by atoms with Crippen LogP contribution in [0.15, 0.2) is 30.2 Å². The van der Waals surface area contributed by atoms with E-state index >= 15 is 0 Å². The number of aryl methyl sites for hydroxylation is 1. The first kappa shape index (κ1) is 16.0. The first-order valence-electron chi connectivity index (χ1n) is 7.88. The molecule has 2 heterocycles. The Hall–Kier alpha value is -1.92. The molecule has 0 radical (unpaired) electrons. The summed E-state index contributed by atoms with van der Waals surface area (Å²) in [5.41, 5.74) is 2.84. The molecule has 0 saturated heterocycles. The molecule has 0 aromatic carbocycles. The Kier molecular flexibility index (Phi) is 4.93. The molecule has 6 heteroatoms. The van der Waals surface area contributed by atoms with Crippen LogP contribution in [0.1, 0.15) is 33.0 Å². The van der Waals surface area contributed by atoms with Crippen LogP contribution in [-0.4, -0.2) is 28.3 Å². The van der Waals surface area contributed by atoms with Crippen molar-refractivity contribution >= 4 is 17.2 Å². The summed E-state index contributed by atoms with van der Waals surface area (Å²) < 4.78 is 1.86. The molecule has 0 fully saturated rings. The summed E-state index contributed by atoms with van der Waals surface area (Å²) in [7, 11) is 1.92. The topological polar surface area (TPSA) is 59.0 Å². The second-order valence-corrected chi connectivity index (χ2v) is 6.83. The van der Waals surface area contributed by atoms with Gasteiger partial charge in [-0.25, -0.2) is 0 Å². The van der Waals surface area contributed by atoms with Gasteiger partial charge in [0.15, 0.2) is 5.69 Å². The summed E-state index contributed by atoms with van der Waals surface area (Å²) in [5, 5.41) is 12.9. The number of carbonyl (C=O) groups excluding carboxylic acids is 1. The monoisotopic (exact) mass is 330 g/mol. The lowest BCUT2D eigenvalue weighted by Crippen LogP contribution is -2.35. The molecule has 0 spiro atoms. The summed E-state index contributed by atoms with van der Waals surface area (Å²) in [6, 6.07) is 4.40. The Bertz CT molecular complexity index is 690. The number of carbonyl (C=O) groups is 1. The maximum atomic E-state index is 12.5. The van der Waals surface area contributed by atoms with E-state index in [0.29, 0.717) is 18.3 Å². The smallest absolute Gasteiger partial charge is 0.272 e. The van der Waals surface area contributed by atoms with Gasteiger partial charge in [0.05, 0.1) is 6.54 Å². The zero-order valence-corrected chi connectivity index (χ0v) is 14.2. The van der Waals surface area contributed by atoms with Crippen LogP contribution in [0, 0.1) is 0 Å². The van der Waals surface area contributed by atoms with E-state index < -0.39 is 0 Å². The number of hydrogen-bond acceptors (Lipinski definition) is 4. The van der Waals surface area contributed by atoms with Gasteiger partial charge in [0.1, 0.15) is 0 Å². The Morgan fingerprint density at radius 2 is 2.48 bits per heavy atom. The minimum absolute atomic E-state index is 0.0837. The maximum Gasteiger partial charge on any atom is 0.272 e. The molecule has 1 aliphatic rings. The average molecular weight is 330 g/mol. The highest BCUT2D eigenvalue weighted by Crippen LogP contribution is 2.24. The minimum atomic E-state index is -0.0837. The summed E-state index contributed by atoms with van der Waals surface area (Å²) in [6.45, 7) is 5.09. The van der Waals surface area contributed by atoms with Crippen LogP contribution >= 0.6 is 11.3 Å². The normalized spacial score (nSPS) is 16.8. The zero-order valence-electron chi connectivity index (χ0n) is 13.3. The van der Waals surface area contributed by atoms with E-state index in [4.69, 9.17) is 0 Å². The third-order valence-electron chi connectivity index (χ3n) is 4.22. The Labute approximate surface area is 140 Å². The predicted octanol–water partition coefficient (Wildman–Crippen LogP) is 2.04. The number of aromatic nitrogens is 2. The lowest BCUT2D eigenvalue weighted by molar-refractivity contribution is 0.0944.